The molecule has 31 heavy (non-hydrogen) atoms. The van der Waals surface area contributed by atoms with E-state index in [1.54, 1.807) is 18.2 Å². The number of hydrogen-bond acceptors (Lipinski definition) is 4. The lowest BCUT2D eigenvalue weighted by molar-refractivity contribution is -0.126. The Hall–Kier alpha value is -1.80. The SMILES string of the molecule is CCOc1ccc(S(=O)(=O)N2CCC[C@@H](C(=O)N[C@H](C)c3ccc(Cl)cc3)C2)cc1Cl. The van der Waals surface area contributed by atoms with E-state index in [1.807, 2.05) is 26.0 Å². The maximum absolute atomic E-state index is 13.1. The van der Waals surface area contributed by atoms with Crippen LogP contribution in [-0.4, -0.2) is 38.3 Å². The molecule has 3 rings (SSSR count). The van der Waals surface area contributed by atoms with Gasteiger partial charge in [-0.25, -0.2) is 8.42 Å². The van der Waals surface area contributed by atoms with E-state index in [2.05, 4.69) is 5.32 Å². The van der Waals surface area contributed by atoms with E-state index in [0.29, 0.717) is 36.8 Å². The van der Waals surface area contributed by atoms with E-state index < -0.39 is 15.9 Å². The molecule has 1 heterocycles. The summed E-state index contributed by atoms with van der Waals surface area (Å²) in [6, 6.07) is 11.5. The van der Waals surface area contributed by atoms with Crippen molar-refractivity contribution in [2.75, 3.05) is 19.7 Å². The lowest BCUT2D eigenvalue weighted by Crippen LogP contribution is -2.45. The molecule has 9 heteroatoms. The van der Waals surface area contributed by atoms with Crippen LogP contribution < -0.4 is 10.1 Å². The minimum absolute atomic E-state index is 0.0940. The molecule has 0 aromatic heterocycles. The first-order valence-electron chi connectivity index (χ1n) is 10.2. The van der Waals surface area contributed by atoms with Gasteiger partial charge in [0, 0.05) is 18.1 Å². The monoisotopic (exact) mass is 484 g/mol. The third kappa shape index (κ3) is 5.71. The number of nitrogens with zero attached hydrogens (tertiary/aromatic N) is 1. The molecule has 1 fully saturated rings. The number of benzene rings is 2. The smallest absolute Gasteiger partial charge is 0.243 e. The quantitative estimate of drug-likeness (QED) is 0.619. The van der Waals surface area contributed by atoms with Crippen LogP contribution in [0.3, 0.4) is 0 Å². The number of carbonyl (C=O) groups excluding carboxylic acids is 1. The fourth-order valence-electron chi connectivity index (χ4n) is 3.60. The molecule has 1 amide bonds. The van der Waals surface area contributed by atoms with Crippen LogP contribution in [0.5, 0.6) is 5.75 Å². The Morgan fingerprint density at radius 2 is 1.94 bits per heavy atom. The van der Waals surface area contributed by atoms with Crippen molar-refractivity contribution in [2.24, 2.45) is 5.92 Å². The second-order valence-corrected chi connectivity index (χ2v) is 10.3. The summed E-state index contributed by atoms with van der Waals surface area (Å²) in [6.45, 7) is 4.65. The van der Waals surface area contributed by atoms with Crippen molar-refractivity contribution in [3.8, 4) is 5.75 Å². The van der Waals surface area contributed by atoms with Gasteiger partial charge in [0.2, 0.25) is 15.9 Å². The van der Waals surface area contributed by atoms with Crippen molar-refractivity contribution in [1.82, 2.24) is 9.62 Å². The number of nitrogens with one attached hydrogen (secondary N) is 1. The van der Waals surface area contributed by atoms with E-state index in [-0.39, 0.29) is 28.4 Å². The molecular formula is C22H26Cl2N2O4S. The largest absolute Gasteiger partial charge is 0.492 e. The molecule has 2 aromatic carbocycles. The number of piperidine rings is 1. The van der Waals surface area contributed by atoms with Crippen LogP contribution in [0.2, 0.25) is 10.0 Å². The van der Waals surface area contributed by atoms with Gasteiger partial charge >= 0.3 is 0 Å². The van der Waals surface area contributed by atoms with Crippen molar-refractivity contribution in [3.63, 3.8) is 0 Å². The minimum atomic E-state index is -3.77. The van der Waals surface area contributed by atoms with Gasteiger partial charge in [-0.2, -0.15) is 4.31 Å². The third-order valence-electron chi connectivity index (χ3n) is 5.32. The standard InChI is InChI=1S/C22H26Cl2N2O4S/c1-3-30-21-11-10-19(13-20(21)24)31(28,29)26-12-4-5-17(14-26)22(27)25-15(2)16-6-8-18(23)9-7-16/h6-11,13,15,17H,3-5,12,14H2,1-2H3,(H,25,27)/t15-,17-/m1/s1. The summed E-state index contributed by atoms with van der Waals surface area (Å²) in [5.74, 6) is -0.140. The molecule has 0 radical (unpaired) electrons. The number of amides is 1. The highest BCUT2D eigenvalue weighted by Gasteiger charge is 2.34. The number of sulfonamides is 1. The molecule has 0 spiro atoms. The topological polar surface area (TPSA) is 75.7 Å². The Bertz CT molecular complexity index is 1030. The number of hydrogen-bond donors (Lipinski definition) is 1. The molecule has 0 unspecified atom stereocenters. The summed E-state index contributed by atoms with van der Waals surface area (Å²) in [6.07, 6.45) is 1.24. The molecule has 1 aliphatic heterocycles. The third-order valence-corrected chi connectivity index (χ3v) is 7.73. The van der Waals surface area contributed by atoms with Crippen molar-refractivity contribution >= 4 is 39.1 Å². The van der Waals surface area contributed by atoms with Crippen LogP contribution >= 0.6 is 23.2 Å². The molecule has 168 valence electrons. The van der Waals surface area contributed by atoms with Crippen LogP contribution in [0.4, 0.5) is 0 Å². The molecule has 0 saturated carbocycles. The average molecular weight is 485 g/mol. The normalized spacial score (nSPS) is 18.4. The van der Waals surface area contributed by atoms with Crippen molar-refractivity contribution in [3.05, 3.63) is 58.1 Å². The second-order valence-electron chi connectivity index (χ2n) is 7.51. The number of ether oxygens (including phenoxy) is 1. The van der Waals surface area contributed by atoms with Crippen LogP contribution in [0.15, 0.2) is 47.4 Å². The first-order chi connectivity index (χ1) is 14.7. The van der Waals surface area contributed by atoms with Crippen molar-refractivity contribution in [2.45, 2.75) is 37.6 Å². The van der Waals surface area contributed by atoms with Gasteiger partial charge in [-0.3, -0.25) is 4.79 Å². The van der Waals surface area contributed by atoms with E-state index in [4.69, 9.17) is 27.9 Å². The summed E-state index contributed by atoms with van der Waals surface area (Å²) >= 11 is 12.1. The molecular weight excluding hydrogens is 459 g/mol. The van der Waals surface area contributed by atoms with Gasteiger partial charge < -0.3 is 10.1 Å². The van der Waals surface area contributed by atoms with Gasteiger partial charge in [-0.1, -0.05) is 35.3 Å². The Morgan fingerprint density at radius 1 is 1.23 bits per heavy atom. The van der Waals surface area contributed by atoms with E-state index >= 15 is 0 Å². The lowest BCUT2D eigenvalue weighted by Gasteiger charge is -2.32. The summed E-state index contributed by atoms with van der Waals surface area (Å²) in [5.41, 5.74) is 0.932. The second kappa shape index (κ2) is 10.2. The first kappa shape index (κ1) is 23.9. The summed E-state index contributed by atoms with van der Waals surface area (Å²) in [5, 5.41) is 3.86. The Labute approximate surface area is 193 Å². The number of halogens is 2. The van der Waals surface area contributed by atoms with Gasteiger partial charge in [0.05, 0.1) is 28.5 Å². The summed E-state index contributed by atoms with van der Waals surface area (Å²) in [4.78, 5) is 12.9. The molecule has 6 nitrogen and oxygen atoms in total. The molecule has 0 bridgehead atoms. The highest BCUT2D eigenvalue weighted by atomic mass is 35.5. The summed E-state index contributed by atoms with van der Waals surface area (Å²) < 4.78 is 33.0. The van der Waals surface area contributed by atoms with Crippen LogP contribution in [0, 0.1) is 5.92 Å². The fraction of sp³-hybridized carbons (Fsp3) is 0.409. The van der Waals surface area contributed by atoms with Gasteiger partial charge in [0.25, 0.3) is 0 Å². The Kier molecular flexibility index (Phi) is 7.86. The molecule has 2 aromatic rings. The van der Waals surface area contributed by atoms with Crippen LogP contribution in [0.1, 0.15) is 38.3 Å². The Balaban J connectivity index is 1.69. The van der Waals surface area contributed by atoms with E-state index in [1.165, 1.54) is 16.4 Å². The average Bonchev–Trinajstić information content (AvgIpc) is 2.75. The highest BCUT2D eigenvalue weighted by Crippen LogP contribution is 2.30. The molecule has 0 aliphatic carbocycles. The number of rotatable bonds is 7. The highest BCUT2D eigenvalue weighted by molar-refractivity contribution is 7.89. The van der Waals surface area contributed by atoms with E-state index in [0.717, 1.165) is 5.56 Å². The van der Waals surface area contributed by atoms with Gasteiger partial charge in [-0.05, 0) is 62.6 Å². The molecule has 2 atom stereocenters. The van der Waals surface area contributed by atoms with Gasteiger partial charge in [0.15, 0.2) is 0 Å². The fourth-order valence-corrected chi connectivity index (χ4v) is 5.58. The minimum Gasteiger partial charge on any atom is -0.492 e. The molecule has 1 saturated heterocycles. The maximum Gasteiger partial charge on any atom is 0.243 e. The van der Waals surface area contributed by atoms with E-state index in [9.17, 15) is 13.2 Å². The molecule has 1 N–H and O–H groups in total. The van der Waals surface area contributed by atoms with Crippen molar-refractivity contribution < 1.29 is 17.9 Å². The Morgan fingerprint density at radius 3 is 2.58 bits per heavy atom. The van der Waals surface area contributed by atoms with Crippen molar-refractivity contribution in [1.29, 1.82) is 0 Å². The zero-order chi connectivity index (χ0) is 22.6. The van der Waals surface area contributed by atoms with Crippen LogP contribution in [0.25, 0.3) is 0 Å². The lowest BCUT2D eigenvalue weighted by atomic mass is 9.98. The maximum atomic E-state index is 13.1. The predicted molar refractivity (Wildman–Crippen MR) is 122 cm³/mol. The van der Waals surface area contributed by atoms with Crippen LogP contribution in [-0.2, 0) is 14.8 Å². The zero-order valence-corrected chi connectivity index (χ0v) is 19.8. The number of carbonyl (C=O) groups is 1. The van der Waals surface area contributed by atoms with Gasteiger partial charge in [0.1, 0.15) is 5.75 Å². The zero-order valence-electron chi connectivity index (χ0n) is 17.5. The van der Waals surface area contributed by atoms with Gasteiger partial charge in [-0.15, -0.1) is 0 Å². The predicted octanol–water partition coefficient (Wildman–Crippen LogP) is 4.67. The molecule has 1 aliphatic rings. The first-order valence-corrected chi connectivity index (χ1v) is 12.4. The summed E-state index contributed by atoms with van der Waals surface area (Å²) in [7, 11) is -3.77.